The van der Waals surface area contributed by atoms with Crippen LogP contribution in [0.1, 0.15) is 45.5 Å². The summed E-state index contributed by atoms with van der Waals surface area (Å²) >= 11 is 0. The monoisotopic (exact) mass is 680 g/mol. The Morgan fingerprint density at radius 1 is 0.740 bits per heavy atom. The van der Waals surface area contributed by atoms with Crippen LogP contribution in [0.4, 0.5) is 0 Å². The predicted molar refractivity (Wildman–Crippen MR) is 188 cm³/mol. The van der Waals surface area contributed by atoms with Crippen LogP contribution in [-0.4, -0.2) is 76.9 Å². The van der Waals surface area contributed by atoms with E-state index in [0.717, 1.165) is 67.9 Å². The molecule has 0 saturated heterocycles. The van der Waals surface area contributed by atoms with Crippen molar-refractivity contribution in [1.82, 2.24) is 10.2 Å². The molecule has 0 spiro atoms. The van der Waals surface area contributed by atoms with E-state index in [4.69, 9.17) is 38.3 Å². The Hall–Kier alpha value is -4.32. The highest BCUT2D eigenvalue weighted by Crippen LogP contribution is 2.56. The van der Waals surface area contributed by atoms with Gasteiger partial charge in [-0.1, -0.05) is 18.2 Å². The van der Waals surface area contributed by atoms with Crippen molar-refractivity contribution in [2.24, 2.45) is 0 Å². The average molecular weight is 681 g/mol. The van der Waals surface area contributed by atoms with E-state index in [2.05, 4.69) is 52.7 Å². The lowest BCUT2D eigenvalue weighted by Crippen LogP contribution is -2.39. The average Bonchev–Trinajstić information content (AvgIpc) is 3.14. The number of methoxy groups -OCH3 is 2. The molecule has 0 aromatic heterocycles. The van der Waals surface area contributed by atoms with E-state index in [1.807, 2.05) is 18.2 Å². The van der Waals surface area contributed by atoms with E-state index in [-0.39, 0.29) is 18.7 Å². The third kappa shape index (κ3) is 6.50. The Bertz CT molecular complexity index is 1840. The molecular weight excluding hydrogens is 636 g/mol. The van der Waals surface area contributed by atoms with Gasteiger partial charge in [0.1, 0.15) is 5.75 Å². The molecule has 5 heterocycles. The molecule has 10 nitrogen and oxygen atoms in total. The van der Waals surface area contributed by atoms with Crippen LogP contribution in [0.5, 0.6) is 46.0 Å². The number of aliphatic hydroxyl groups excluding tert-OH is 1. The summed E-state index contributed by atoms with van der Waals surface area (Å²) in [5, 5.41) is 12.7. The second kappa shape index (κ2) is 14.5. The van der Waals surface area contributed by atoms with E-state index in [0.29, 0.717) is 60.9 Å². The lowest BCUT2D eigenvalue weighted by Gasteiger charge is -2.40. The van der Waals surface area contributed by atoms with E-state index in [1.54, 1.807) is 14.2 Å². The highest BCUT2D eigenvalue weighted by atomic mass is 16.6. The predicted octanol–water partition coefficient (Wildman–Crippen LogP) is 6.30. The second-order valence-corrected chi connectivity index (χ2v) is 13.2. The van der Waals surface area contributed by atoms with Crippen molar-refractivity contribution in [3.63, 3.8) is 0 Å². The zero-order chi connectivity index (χ0) is 34.0. The summed E-state index contributed by atoms with van der Waals surface area (Å²) in [5.74, 6) is 5.59. The fourth-order valence-corrected chi connectivity index (χ4v) is 7.69. The first-order chi connectivity index (χ1) is 24.6. The van der Waals surface area contributed by atoms with Crippen molar-refractivity contribution in [3.8, 4) is 46.0 Å². The van der Waals surface area contributed by atoms with Gasteiger partial charge >= 0.3 is 0 Å². The summed E-state index contributed by atoms with van der Waals surface area (Å²) in [4.78, 5) is 2.48. The van der Waals surface area contributed by atoms with Gasteiger partial charge in [0, 0.05) is 30.7 Å². The van der Waals surface area contributed by atoms with E-state index < -0.39 is 0 Å². The number of nitrogens with one attached hydrogen (secondary N) is 1. The maximum atomic E-state index is 9.00. The SMILES string of the molecule is COc1ccc2cc1Oc1ccc(cc1)CC1c3c(cc(OC)c4c3Oc3cc5c(cc3O4)CCNC5C2)CCN1CCOCCOCCO. The normalized spacial score (nSPS) is 18.8. The Labute approximate surface area is 292 Å². The van der Waals surface area contributed by atoms with Crippen LogP contribution in [0.2, 0.25) is 0 Å². The fraction of sp³-hybridized carbons (Fsp3) is 0.400. The largest absolute Gasteiger partial charge is 0.493 e. The summed E-state index contributed by atoms with van der Waals surface area (Å²) < 4.78 is 43.1. The molecule has 2 atom stereocenters. The Morgan fingerprint density at radius 2 is 1.52 bits per heavy atom. The van der Waals surface area contributed by atoms with Crippen LogP contribution in [0.3, 0.4) is 0 Å². The van der Waals surface area contributed by atoms with E-state index in [1.165, 1.54) is 22.3 Å². The standard InChI is InChI=1S/C40H44N2O8/c1-44-33-8-5-26-19-31-30-24-36-35(22-27(30)9-11-41-31)49-39-37(45-2)23-28-10-12-42(13-15-46-17-18-47-16-14-43)32(38(28)40(39)50-36)20-25-3-6-29(7-4-25)48-34(33)21-26/h3-8,21-24,31-32,41,43H,9-20H2,1-2H3. The minimum Gasteiger partial charge on any atom is -0.493 e. The van der Waals surface area contributed by atoms with Crippen LogP contribution in [-0.2, 0) is 35.2 Å². The minimum atomic E-state index is -0.00716. The molecule has 0 aliphatic carbocycles. The minimum absolute atomic E-state index is 0.00716. The number of rotatable bonds is 10. The summed E-state index contributed by atoms with van der Waals surface area (Å²) in [6.07, 6.45) is 3.26. The number of hydrogen-bond donors (Lipinski definition) is 2. The quantitative estimate of drug-likeness (QED) is 0.164. The number of ether oxygens (including phenoxy) is 7. The zero-order valence-corrected chi connectivity index (χ0v) is 28.7. The van der Waals surface area contributed by atoms with Gasteiger partial charge < -0.3 is 43.6 Å². The summed E-state index contributed by atoms with van der Waals surface area (Å²) in [7, 11) is 3.36. The van der Waals surface area contributed by atoms with Crippen LogP contribution >= 0.6 is 0 Å². The van der Waals surface area contributed by atoms with Gasteiger partial charge in [-0.2, -0.15) is 0 Å². The van der Waals surface area contributed by atoms with Gasteiger partial charge in [-0.3, -0.25) is 4.90 Å². The van der Waals surface area contributed by atoms with Crippen molar-refractivity contribution >= 4 is 0 Å². The zero-order valence-electron chi connectivity index (χ0n) is 28.7. The molecule has 262 valence electrons. The first kappa shape index (κ1) is 32.9. The van der Waals surface area contributed by atoms with Gasteiger partial charge in [-0.15, -0.1) is 0 Å². The summed E-state index contributed by atoms with van der Waals surface area (Å²) in [6, 6.07) is 21.0. The van der Waals surface area contributed by atoms with Crippen molar-refractivity contribution in [2.75, 3.05) is 66.9 Å². The molecule has 7 bridgehead atoms. The first-order valence-corrected chi connectivity index (χ1v) is 17.6. The highest BCUT2D eigenvalue weighted by Gasteiger charge is 2.37. The molecule has 10 heteroatoms. The summed E-state index contributed by atoms with van der Waals surface area (Å²) in [6.45, 7) is 4.28. The molecule has 0 saturated carbocycles. The van der Waals surface area contributed by atoms with Crippen LogP contribution in [0.15, 0.2) is 60.7 Å². The molecule has 2 N–H and O–H groups in total. The van der Waals surface area contributed by atoms with Crippen LogP contribution in [0.25, 0.3) is 0 Å². The van der Waals surface area contributed by atoms with E-state index in [9.17, 15) is 0 Å². The third-order valence-corrected chi connectivity index (χ3v) is 10.2. The van der Waals surface area contributed by atoms with Crippen molar-refractivity contribution in [2.45, 2.75) is 37.8 Å². The van der Waals surface area contributed by atoms with E-state index >= 15 is 0 Å². The molecule has 5 aliphatic heterocycles. The number of benzene rings is 4. The topological polar surface area (TPSA) is 100 Å². The van der Waals surface area contributed by atoms with Crippen molar-refractivity contribution in [3.05, 3.63) is 94.0 Å². The molecule has 4 aromatic rings. The number of fused-ring (bicyclic) bond motifs is 2. The molecule has 50 heavy (non-hydrogen) atoms. The van der Waals surface area contributed by atoms with Gasteiger partial charge in [0.15, 0.2) is 34.5 Å². The molecule has 4 aromatic carbocycles. The first-order valence-electron chi connectivity index (χ1n) is 17.6. The number of nitrogens with zero attached hydrogens (tertiary/aromatic N) is 1. The highest BCUT2D eigenvalue weighted by molar-refractivity contribution is 5.67. The lowest BCUT2D eigenvalue weighted by atomic mass is 9.86. The summed E-state index contributed by atoms with van der Waals surface area (Å²) in [5.41, 5.74) is 7.10. The lowest BCUT2D eigenvalue weighted by molar-refractivity contribution is 0.0216. The third-order valence-electron chi connectivity index (χ3n) is 10.2. The Balaban J connectivity index is 1.21. The van der Waals surface area contributed by atoms with Gasteiger partial charge in [-0.05, 0) is 103 Å². The molecule has 0 fully saturated rings. The molecule has 0 radical (unpaired) electrons. The second-order valence-electron chi connectivity index (χ2n) is 13.2. The van der Waals surface area contributed by atoms with Crippen molar-refractivity contribution < 1.29 is 38.3 Å². The van der Waals surface area contributed by atoms with Gasteiger partial charge in [-0.25, -0.2) is 0 Å². The molecule has 5 aliphatic rings. The maximum absolute atomic E-state index is 9.00. The Kier molecular flexibility index (Phi) is 9.53. The Morgan fingerprint density at radius 3 is 2.34 bits per heavy atom. The van der Waals surface area contributed by atoms with Gasteiger partial charge in [0.2, 0.25) is 5.75 Å². The number of aliphatic hydroxyl groups is 1. The molecule has 9 rings (SSSR count). The maximum Gasteiger partial charge on any atom is 0.212 e. The molecule has 2 unspecified atom stereocenters. The fourth-order valence-electron chi connectivity index (χ4n) is 7.69. The van der Waals surface area contributed by atoms with Crippen molar-refractivity contribution in [1.29, 1.82) is 0 Å². The van der Waals surface area contributed by atoms with Crippen LogP contribution < -0.4 is 29.0 Å². The number of hydrogen-bond acceptors (Lipinski definition) is 10. The smallest absolute Gasteiger partial charge is 0.212 e. The van der Waals surface area contributed by atoms with Crippen LogP contribution in [0, 0.1) is 0 Å². The van der Waals surface area contributed by atoms with Gasteiger partial charge in [0.05, 0.1) is 47.3 Å². The molecule has 0 amide bonds. The molecular formula is C40H44N2O8. The van der Waals surface area contributed by atoms with Gasteiger partial charge in [0.25, 0.3) is 0 Å².